The third-order valence-electron chi connectivity index (χ3n) is 7.43. The fraction of sp³-hybridized carbons (Fsp3) is 0.577. The van der Waals surface area contributed by atoms with Gasteiger partial charge in [0.1, 0.15) is 42.6 Å². The van der Waals surface area contributed by atoms with E-state index in [1.807, 2.05) is 12.2 Å². The van der Waals surface area contributed by atoms with Crippen LogP contribution in [-0.2, 0) is 27.1 Å². The van der Waals surface area contributed by atoms with Gasteiger partial charge in [-0.1, -0.05) is 12.2 Å². The quantitative estimate of drug-likeness (QED) is 0.181. The first kappa shape index (κ1) is 30.1. The van der Waals surface area contributed by atoms with E-state index in [2.05, 4.69) is 30.2 Å². The number of aliphatic hydroxyl groups is 3. The van der Waals surface area contributed by atoms with Crippen molar-refractivity contribution in [3.05, 3.63) is 42.5 Å². The Balaban J connectivity index is 1.15. The molecule has 3 unspecified atom stereocenters. The van der Waals surface area contributed by atoms with Crippen molar-refractivity contribution in [3.63, 3.8) is 0 Å². The van der Waals surface area contributed by atoms with Crippen LogP contribution >= 0.6 is 0 Å². The van der Waals surface area contributed by atoms with E-state index in [9.17, 15) is 19.7 Å². The summed E-state index contributed by atoms with van der Waals surface area (Å²) in [5.74, 6) is 0.182. The van der Waals surface area contributed by atoms with Gasteiger partial charge in [-0.25, -0.2) is 33.7 Å². The molecule has 0 spiro atoms. The van der Waals surface area contributed by atoms with Crippen molar-refractivity contribution < 1.29 is 38.3 Å². The number of halogens is 2. The van der Waals surface area contributed by atoms with Crippen LogP contribution in [0, 0.1) is 0 Å². The zero-order valence-corrected chi connectivity index (χ0v) is 22.8. The molecule has 0 saturated carbocycles. The van der Waals surface area contributed by atoms with Crippen molar-refractivity contribution in [2.45, 2.75) is 74.9 Å². The molecule has 5 heterocycles. The molecule has 0 radical (unpaired) electrons. The van der Waals surface area contributed by atoms with Gasteiger partial charge < -0.3 is 40.6 Å². The maximum Gasteiger partial charge on any atom is 0.174 e. The lowest BCUT2D eigenvalue weighted by Crippen LogP contribution is -2.33. The van der Waals surface area contributed by atoms with Crippen molar-refractivity contribution >= 4 is 22.7 Å². The molecule has 5 rings (SSSR count). The Morgan fingerprint density at radius 2 is 1.67 bits per heavy atom. The highest BCUT2D eigenvalue weighted by Crippen LogP contribution is 2.35. The maximum atomic E-state index is 15.0. The minimum atomic E-state index is -1.76. The van der Waals surface area contributed by atoms with E-state index in [1.165, 1.54) is 30.7 Å². The van der Waals surface area contributed by atoms with E-state index in [4.69, 9.17) is 19.9 Å². The average molecular weight is 593 g/mol. The summed E-state index contributed by atoms with van der Waals surface area (Å²) in [6, 6.07) is 0. The summed E-state index contributed by atoms with van der Waals surface area (Å²) in [5.41, 5.74) is 8.66. The number of aromatic nitrogens is 6. The van der Waals surface area contributed by atoms with Crippen LogP contribution in [0.25, 0.3) is 11.2 Å². The van der Waals surface area contributed by atoms with E-state index >= 15 is 4.39 Å². The smallest absolute Gasteiger partial charge is 0.174 e. The standard InChI is InChI=1S/C26H34F2N8O6/c1-40-22-16(9-38)42-26(18(22)28)36-12-34-20-14(31-11-33-24(20)36)7-5-3-2-4-6-13-19(29)23(32-10-30-13)35-25-17(27)21(39)15(8-37)41-25/h2-3,10-12,15-18,21-22,25-26,37-39H,4-9,29H2,1H3,(H,30,32,35)/b3-2+/t15?,16?,17-,18-,21-,22-,25-,26?/m1/s1. The summed E-state index contributed by atoms with van der Waals surface area (Å²) in [5, 5.41) is 31.3. The van der Waals surface area contributed by atoms with Gasteiger partial charge in [0.25, 0.3) is 0 Å². The van der Waals surface area contributed by atoms with E-state index < -0.39 is 55.8 Å². The van der Waals surface area contributed by atoms with Crippen molar-refractivity contribution in [3.8, 4) is 0 Å². The first-order valence-electron chi connectivity index (χ1n) is 13.6. The molecule has 14 nitrogen and oxygen atoms in total. The molecule has 0 aliphatic carbocycles. The van der Waals surface area contributed by atoms with Crippen molar-refractivity contribution in [1.29, 1.82) is 0 Å². The van der Waals surface area contributed by atoms with Gasteiger partial charge in [0.05, 0.1) is 36.6 Å². The van der Waals surface area contributed by atoms with Gasteiger partial charge in [-0.15, -0.1) is 0 Å². The number of allylic oxidation sites excluding steroid dienone is 2. The Labute approximate surface area is 239 Å². The van der Waals surface area contributed by atoms with Crippen molar-refractivity contribution in [2.75, 3.05) is 31.4 Å². The molecule has 3 aromatic heterocycles. The maximum absolute atomic E-state index is 15.0. The molecule has 0 aromatic carbocycles. The highest BCUT2D eigenvalue weighted by Gasteiger charge is 2.47. The second kappa shape index (κ2) is 13.3. The lowest BCUT2D eigenvalue weighted by molar-refractivity contribution is -0.0519. The molecular formula is C26H34F2N8O6. The Bertz CT molecular complexity index is 1380. The first-order valence-corrected chi connectivity index (χ1v) is 13.6. The molecule has 228 valence electrons. The van der Waals surface area contributed by atoms with E-state index in [1.54, 1.807) is 0 Å². The number of fused-ring (bicyclic) bond motifs is 1. The topological polar surface area (TPSA) is 196 Å². The lowest BCUT2D eigenvalue weighted by Gasteiger charge is -2.17. The number of methoxy groups -OCH3 is 1. The first-order chi connectivity index (χ1) is 20.4. The predicted octanol–water partition coefficient (Wildman–Crippen LogP) is 0.391. The normalized spacial score (nSPS) is 29.7. The van der Waals surface area contributed by atoms with Crippen LogP contribution in [0.5, 0.6) is 0 Å². The molecule has 3 aromatic rings. The van der Waals surface area contributed by atoms with E-state index in [0.29, 0.717) is 48.2 Å². The van der Waals surface area contributed by atoms with Crippen molar-refractivity contribution in [2.24, 2.45) is 0 Å². The molecule has 6 N–H and O–H groups in total. The molecule has 8 atom stereocenters. The van der Waals surface area contributed by atoms with Crippen LogP contribution in [0.2, 0.25) is 0 Å². The van der Waals surface area contributed by atoms with Crippen LogP contribution in [0.1, 0.15) is 30.5 Å². The molecule has 0 bridgehead atoms. The average Bonchev–Trinajstić information content (AvgIpc) is 3.65. The summed E-state index contributed by atoms with van der Waals surface area (Å²) >= 11 is 0. The molecule has 42 heavy (non-hydrogen) atoms. The molecule has 2 aliphatic heterocycles. The summed E-state index contributed by atoms with van der Waals surface area (Å²) < 4.78 is 47.0. The number of nitrogens with zero attached hydrogens (tertiary/aromatic N) is 6. The number of imidazole rings is 1. The van der Waals surface area contributed by atoms with Crippen LogP contribution in [0.15, 0.2) is 31.1 Å². The molecule has 2 aliphatic rings. The second-order valence-corrected chi connectivity index (χ2v) is 10.0. The monoisotopic (exact) mass is 592 g/mol. The number of hydrogen-bond acceptors (Lipinski definition) is 13. The van der Waals surface area contributed by atoms with E-state index in [0.717, 1.165) is 0 Å². The van der Waals surface area contributed by atoms with Gasteiger partial charge in [-0.05, 0) is 25.7 Å². The van der Waals surface area contributed by atoms with E-state index in [-0.39, 0.29) is 18.1 Å². The van der Waals surface area contributed by atoms with Gasteiger partial charge in [0.15, 0.2) is 36.3 Å². The summed E-state index contributed by atoms with van der Waals surface area (Å²) in [7, 11) is 1.37. The lowest BCUT2D eigenvalue weighted by atomic mass is 10.1. The Hall–Kier alpha value is -3.41. The highest BCUT2D eigenvalue weighted by molar-refractivity contribution is 5.73. The van der Waals surface area contributed by atoms with Gasteiger partial charge in [-0.3, -0.25) is 4.57 Å². The van der Waals surface area contributed by atoms with Crippen LogP contribution < -0.4 is 11.1 Å². The Morgan fingerprint density at radius 3 is 2.33 bits per heavy atom. The van der Waals surface area contributed by atoms with Crippen LogP contribution in [0.3, 0.4) is 0 Å². The molecule has 2 fully saturated rings. The highest BCUT2D eigenvalue weighted by atomic mass is 19.1. The number of nitrogens with one attached hydrogen (secondary N) is 1. The summed E-state index contributed by atoms with van der Waals surface area (Å²) in [4.78, 5) is 21.3. The number of aliphatic hydroxyl groups excluding tert-OH is 3. The Kier molecular flexibility index (Phi) is 9.50. The molecule has 0 amide bonds. The fourth-order valence-electron chi connectivity index (χ4n) is 5.17. The summed E-state index contributed by atoms with van der Waals surface area (Å²) in [6.07, 6.45) is 0.772. The number of aryl methyl sites for hydroxylation is 2. The second-order valence-electron chi connectivity index (χ2n) is 10.0. The third kappa shape index (κ3) is 5.91. The number of nitrogen functional groups attached to an aromatic ring is 1. The van der Waals surface area contributed by atoms with Crippen LogP contribution in [-0.4, -0.2) is 108 Å². The largest absolute Gasteiger partial charge is 0.394 e. The van der Waals surface area contributed by atoms with Crippen molar-refractivity contribution in [1.82, 2.24) is 29.5 Å². The number of nitrogens with two attached hydrogens (primary N) is 1. The number of anilines is 2. The fourth-order valence-corrected chi connectivity index (χ4v) is 5.17. The number of ether oxygens (including phenoxy) is 3. The molecular weight excluding hydrogens is 558 g/mol. The number of alkyl halides is 2. The molecule has 2 saturated heterocycles. The summed E-state index contributed by atoms with van der Waals surface area (Å²) in [6.45, 7) is -0.889. The van der Waals surface area contributed by atoms with Gasteiger partial charge in [0.2, 0.25) is 0 Å². The van der Waals surface area contributed by atoms with Crippen LogP contribution in [0.4, 0.5) is 20.3 Å². The Morgan fingerprint density at radius 1 is 0.976 bits per heavy atom. The minimum absolute atomic E-state index is 0.182. The minimum Gasteiger partial charge on any atom is -0.394 e. The number of rotatable bonds is 12. The zero-order valence-electron chi connectivity index (χ0n) is 22.8. The zero-order chi connectivity index (χ0) is 29.8. The third-order valence-corrected chi connectivity index (χ3v) is 7.43. The predicted molar refractivity (Wildman–Crippen MR) is 145 cm³/mol. The van der Waals surface area contributed by atoms with Gasteiger partial charge in [-0.2, -0.15) is 0 Å². The molecule has 16 heteroatoms. The number of hydrogen-bond donors (Lipinski definition) is 5. The van der Waals surface area contributed by atoms with Gasteiger partial charge >= 0.3 is 0 Å². The van der Waals surface area contributed by atoms with Gasteiger partial charge in [0, 0.05) is 7.11 Å². The SMILES string of the molecule is CO[C@@H]1C(CO)OC(n2cnc3c(CC/C=C/CCc4ncnc(N[C@@H]5OC(CO)[C@@H](O)[C@H]5F)c4N)ncnc32)[C@@H]1F.